The van der Waals surface area contributed by atoms with Crippen molar-refractivity contribution in [2.75, 3.05) is 31.6 Å². The topological polar surface area (TPSA) is 63.7 Å². The van der Waals surface area contributed by atoms with E-state index in [4.69, 9.17) is 9.47 Å². The fourth-order valence-corrected chi connectivity index (χ4v) is 3.69. The van der Waals surface area contributed by atoms with Crippen molar-refractivity contribution < 1.29 is 14.3 Å². The van der Waals surface area contributed by atoms with Gasteiger partial charge in [0.1, 0.15) is 19.0 Å². The van der Waals surface area contributed by atoms with Gasteiger partial charge in [-0.1, -0.05) is 18.2 Å². The second kappa shape index (κ2) is 7.96. The predicted molar refractivity (Wildman–Crippen MR) is 103 cm³/mol. The van der Waals surface area contributed by atoms with Gasteiger partial charge in [-0.2, -0.15) is 0 Å². The number of nitrogens with one attached hydrogen (secondary N) is 1. The summed E-state index contributed by atoms with van der Waals surface area (Å²) in [6, 6.07) is 9.89. The fraction of sp³-hybridized carbons (Fsp3) is 0.429. The third-order valence-electron chi connectivity index (χ3n) is 5.25. The van der Waals surface area contributed by atoms with Gasteiger partial charge in [-0.05, 0) is 50.6 Å². The highest BCUT2D eigenvalue weighted by atomic mass is 16.6. The van der Waals surface area contributed by atoms with E-state index in [-0.39, 0.29) is 11.8 Å². The van der Waals surface area contributed by atoms with E-state index >= 15 is 0 Å². The summed E-state index contributed by atoms with van der Waals surface area (Å²) in [7, 11) is 0. The van der Waals surface area contributed by atoms with E-state index in [2.05, 4.69) is 21.3 Å². The maximum absolute atomic E-state index is 12.6. The Morgan fingerprint density at radius 1 is 1.19 bits per heavy atom. The maximum atomic E-state index is 12.6. The van der Waals surface area contributed by atoms with Gasteiger partial charge in [-0.15, -0.1) is 0 Å². The number of benzene rings is 1. The number of ether oxygens (including phenoxy) is 2. The van der Waals surface area contributed by atoms with Crippen LogP contribution in [-0.2, 0) is 11.3 Å². The Bertz CT molecular complexity index is 816. The number of likely N-dealkylation sites (tertiary alicyclic amines) is 1. The molecule has 0 unspecified atom stereocenters. The first-order valence-corrected chi connectivity index (χ1v) is 9.53. The number of rotatable bonds is 4. The number of amides is 1. The van der Waals surface area contributed by atoms with Gasteiger partial charge >= 0.3 is 0 Å². The van der Waals surface area contributed by atoms with Crippen LogP contribution in [0.1, 0.15) is 24.0 Å². The molecule has 1 aromatic heterocycles. The average Bonchev–Trinajstić information content (AvgIpc) is 2.70. The molecule has 3 heterocycles. The molecule has 1 aromatic carbocycles. The zero-order chi connectivity index (χ0) is 18.6. The van der Waals surface area contributed by atoms with Crippen LogP contribution in [0.5, 0.6) is 11.5 Å². The van der Waals surface area contributed by atoms with Gasteiger partial charge in [0, 0.05) is 24.2 Å². The molecule has 1 saturated heterocycles. The SMILES string of the molecule is Cc1cccnc1NC(=O)C1CCN(Cc2cccc3c2OCCO3)CC1. The molecule has 0 spiro atoms. The van der Waals surface area contributed by atoms with E-state index in [1.807, 2.05) is 31.2 Å². The highest BCUT2D eigenvalue weighted by Crippen LogP contribution is 2.34. The van der Waals surface area contributed by atoms with Gasteiger partial charge in [0.2, 0.25) is 5.91 Å². The van der Waals surface area contributed by atoms with Crippen LogP contribution in [0, 0.1) is 12.8 Å². The Balaban J connectivity index is 1.33. The van der Waals surface area contributed by atoms with Crippen molar-refractivity contribution in [3.8, 4) is 11.5 Å². The minimum Gasteiger partial charge on any atom is -0.486 e. The van der Waals surface area contributed by atoms with E-state index in [1.165, 1.54) is 0 Å². The molecule has 2 aliphatic rings. The number of hydrogen-bond acceptors (Lipinski definition) is 5. The van der Waals surface area contributed by atoms with Crippen LogP contribution in [0.3, 0.4) is 0 Å². The lowest BCUT2D eigenvalue weighted by atomic mass is 9.95. The number of para-hydroxylation sites is 1. The van der Waals surface area contributed by atoms with Crippen molar-refractivity contribution >= 4 is 11.7 Å². The maximum Gasteiger partial charge on any atom is 0.228 e. The number of carbonyl (C=O) groups excluding carboxylic acids is 1. The molecule has 4 rings (SSSR count). The highest BCUT2D eigenvalue weighted by molar-refractivity contribution is 5.92. The monoisotopic (exact) mass is 367 g/mol. The Morgan fingerprint density at radius 2 is 2.00 bits per heavy atom. The quantitative estimate of drug-likeness (QED) is 0.900. The third-order valence-corrected chi connectivity index (χ3v) is 5.25. The second-order valence-electron chi connectivity index (χ2n) is 7.15. The first kappa shape index (κ1) is 17.8. The van der Waals surface area contributed by atoms with Gasteiger partial charge in [-0.25, -0.2) is 4.98 Å². The molecular weight excluding hydrogens is 342 g/mol. The molecule has 2 aliphatic heterocycles. The largest absolute Gasteiger partial charge is 0.486 e. The lowest BCUT2D eigenvalue weighted by molar-refractivity contribution is -0.121. The predicted octanol–water partition coefficient (Wildman–Crippen LogP) is 3.01. The van der Waals surface area contributed by atoms with Crippen molar-refractivity contribution in [3.05, 3.63) is 47.7 Å². The molecule has 2 aromatic rings. The highest BCUT2D eigenvalue weighted by Gasteiger charge is 2.26. The van der Waals surface area contributed by atoms with E-state index in [1.54, 1.807) is 6.20 Å². The summed E-state index contributed by atoms with van der Waals surface area (Å²) in [5.74, 6) is 2.48. The minimum absolute atomic E-state index is 0.0342. The van der Waals surface area contributed by atoms with Crippen molar-refractivity contribution in [2.45, 2.75) is 26.3 Å². The Hall–Kier alpha value is -2.60. The number of pyridine rings is 1. The molecule has 0 bridgehead atoms. The number of piperidine rings is 1. The van der Waals surface area contributed by atoms with Crippen LogP contribution >= 0.6 is 0 Å². The molecule has 1 amide bonds. The fourth-order valence-electron chi connectivity index (χ4n) is 3.69. The zero-order valence-electron chi connectivity index (χ0n) is 15.6. The Kier molecular flexibility index (Phi) is 5.25. The molecule has 1 fully saturated rings. The summed E-state index contributed by atoms with van der Waals surface area (Å²) in [4.78, 5) is 19.2. The number of hydrogen-bond donors (Lipinski definition) is 1. The number of aromatic nitrogens is 1. The molecule has 6 nitrogen and oxygen atoms in total. The van der Waals surface area contributed by atoms with Crippen LogP contribution in [0.2, 0.25) is 0 Å². The van der Waals surface area contributed by atoms with Gasteiger partial charge < -0.3 is 14.8 Å². The molecule has 6 heteroatoms. The van der Waals surface area contributed by atoms with Crippen LogP contribution < -0.4 is 14.8 Å². The third kappa shape index (κ3) is 4.06. The van der Waals surface area contributed by atoms with E-state index < -0.39 is 0 Å². The van der Waals surface area contributed by atoms with Crippen LogP contribution in [-0.4, -0.2) is 42.1 Å². The smallest absolute Gasteiger partial charge is 0.228 e. The van der Waals surface area contributed by atoms with Gasteiger partial charge in [0.25, 0.3) is 0 Å². The van der Waals surface area contributed by atoms with Crippen molar-refractivity contribution in [1.29, 1.82) is 0 Å². The van der Waals surface area contributed by atoms with E-state index in [9.17, 15) is 4.79 Å². The first-order chi connectivity index (χ1) is 13.2. The molecule has 0 saturated carbocycles. The molecule has 0 atom stereocenters. The van der Waals surface area contributed by atoms with Crippen molar-refractivity contribution in [2.24, 2.45) is 5.92 Å². The summed E-state index contributed by atoms with van der Waals surface area (Å²) in [5, 5.41) is 2.98. The van der Waals surface area contributed by atoms with Gasteiger partial charge in [0.05, 0.1) is 0 Å². The molecule has 27 heavy (non-hydrogen) atoms. The molecule has 0 radical (unpaired) electrons. The summed E-state index contributed by atoms with van der Waals surface area (Å²) in [5.41, 5.74) is 2.14. The van der Waals surface area contributed by atoms with Gasteiger partial charge in [0.15, 0.2) is 11.5 Å². The van der Waals surface area contributed by atoms with Gasteiger partial charge in [-0.3, -0.25) is 9.69 Å². The summed E-state index contributed by atoms with van der Waals surface area (Å²) in [6.45, 7) is 5.76. The first-order valence-electron chi connectivity index (χ1n) is 9.53. The van der Waals surface area contributed by atoms with Crippen LogP contribution in [0.25, 0.3) is 0 Å². The van der Waals surface area contributed by atoms with E-state index in [0.717, 1.165) is 55.1 Å². The normalized spacial score (nSPS) is 17.5. The number of nitrogens with zero attached hydrogens (tertiary/aromatic N) is 2. The number of carbonyl (C=O) groups is 1. The lowest BCUT2D eigenvalue weighted by Crippen LogP contribution is -2.38. The number of fused-ring (bicyclic) bond motifs is 1. The van der Waals surface area contributed by atoms with Crippen molar-refractivity contribution in [1.82, 2.24) is 9.88 Å². The summed E-state index contributed by atoms with van der Waals surface area (Å²) in [6.07, 6.45) is 3.41. The Morgan fingerprint density at radius 3 is 2.81 bits per heavy atom. The van der Waals surface area contributed by atoms with Crippen molar-refractivity contribution in [3.63, 3.8) is 0 Å². The standard InChI is InChI=1S/C21H25N3O3/c1-15-4-3-9-22-20(15)23-21(25)16-7-10-24(11-8-16)14-17-5-2-6-18-19(17)27-13-12-26-18/h2-6,9,16H,7-8,10-14H2,1H3,(H,22,23,25). The zero-order valence-corrected chi connectivity index (χ0v) is 15.6. The minimum atomic E-state index is 0.0342. The lowest BCUT2D eigenvalue weighted by Gasteiger charge is -2.32. The van der Waals surface area contributed by atoms with E-state index in [0.29, 0.717) is 19.0 Å². The van der Waals surface area contributed by atoms with Crippen LogP contribution in [0.4, 0.5) is 5.82 Å². The molecule has 142 valence electrons. The number of anilines is 1. The average molecular weight is 367 g/mol. The summed E-state index contributed by atoms with van der Waals surface area (Å²) >= 11 is 0. The molecule has 0 aliphatic carbocycles. The second-order valence-corrected chi connectivity index (χ2v) is 7.15. The molecular formula is C21H25N3O3. The number of aryl methyl sites for hydroxylation is 1. The van der Waals surface area contributed by atoms with Crippen LogP contribution in [0.15, 0.2) is 36.5 Å². The summed E-state index contributed by atoms with van der Waals surface area (Å²) < 4.78 is 11.5. The molecule has 1 N–H and O–H groups in total. The Labute approximate surface area is 159 Å².